The van der Waals surface area contributed by atoms with Crippen LogP contribution in [0.2, 0.25) is 0 Å². The number of alkyl halides is 5. The number of fused-ring (bicyclic) bond motifs is 2. The van der Waals surface area contributed by atoms with Crippen molar-refractivity contribution in [3.8, 4) is 0 Å². The number of nitrogens with zero attached hydrogens (tertiary/aromatic N) is 2. The Morgan fingerprint density at radius 1 is 0.887 bits per heavy atom. The number of carboxylic acid groups (broad SMARTS) is 1. The zero-order valence-electron chi connectivity index (χ0n) is 30.0. The van der Waals surface area contributed by atoms with Gasteiger partial charge >= 0.3 is 11.9 Å². The standard InChI is InChI=1S/C40H44ClF4N3O5/c1-38(2)33-20-27(47-22-39(42,43)23-47)8-11-30(33)35(31-12-9-28(21-34(31)38)48-24-40(44,45)25-48)32-19-26(7-10-29(32)37(50)51)36(49)46-14-16-53-18-17-52-15-6-4-3-5-13-41/h7-12,19-21H,3-6,13-18,22-25H2,1-2H3,(H-,46,49,50,51)/p+1. The summed E-state index contributed by atoms with van der Waals surface area (Å²) in [5.41, 5.74) is 4.42. The number of unbranched alkanes of at least 4 members (excludes halogenated alkanes) is 3. The molecule has 4 aliphatic rings. The molecule has 0 saturated carbocycles. The number of ether oxygens (including phenoxy) is 2. The number of carboxylic acids is 1. The number of allylic oxidation sites excluding steroid dienone is 5. The first-order chi connectivity index (χ1) is 25.2. The molecule has 8 nitrogen and oxygen atoms in total. The highest BCUT2D eigenvalue weighted by atomic mass is 35.5. The second-order valence-electron chi connectivity index (χ2n) is 14.5. The summed E-state index contributed by atoms with van der Waals surface area (Å²) in [6, 6.07) is 9.82. The molecule has 2 fully saturated rings. The predicted octanol–water partition coefficient (Wildman–Crippen LogP) is 7.09. The Labute approximate surface area is 311 Å². The number of benzene rings is 2. The molecule has 2 heterocycles. The van der Waals surface area contributed by atoms with Crippen LogP contribution in [0.3, 0.4) is 0 Å². The van der Waals surface area contributed by atoms with Crippen molar-refractivity contribution in [1.82, 2.24) is 5.32 Å². The maximum Gasteiger partial charge on any atom is 0.361 e. The highest BCUT2D eigenvalue weighted by molar-refractivity contribution is 6.17. The third-order valence-electron chi connectivity index (χ3n) is 10.2. The number of carbonyl (C=O) groups excluding carboxylic acids is 1. The molecule has 2 aromatic carbocycles. The molecule has 0 unspecified atom stereocenters. The van der Waals surface area contributed by atoms with Gasteiger partial charge in [-0.15, -0.1) is 11.6 Å². The number of hydrogen-bond donors (Lipinski definition) is 2. The Hall–Kier alpha value is -4.00. The molecular formula is C40H45ClF4N3O5+. The van der Waals surface area contributed by atoms with E-state index in [0.29, 0.717) is 59.4 Å². The summed E-state index contributed by atoms with van der Waals surface area (Å²) in [6.07, 6.45) is 9.52. The van der Waals surface area contributed by atoms with Crippen LogP contribution in [0.4, 0.5) is 23.2 Å². The van der Waals surface area contributed by atoms with Gasteiger partial charge in [0.25, 0.3) is 11.8 Å². The summed E-state index contributed by atoms with van der Waals surface area (Å²) in [7, 11) is 0. The normalized spacial score (nSPS) is 19.2. The molecular weight excluding hydrogens is 714 g/mol. The molecule has 284 valence electrons. The second kappa shape index (κ2) is 15.8. The van der Waals surface area contributed by atoms with Gasteiger partial charge in [0, 0.05) is 47.8 Å². The number of carbonyl (C=O) groups is 2. The van der Waals surface area contributed by atoms with Crippen molar-refractivity contribution in [2.24, 2.45) is 0 Å². The summed E-state index contributed by atoms with van der Waals surface area (Å²) in [4.78, 5) is 27.6. The second-order valence-corrected chi connectivity index (χ2v) is 14.9. The predicted molar refractivity (Wildman–Crippen MR) is 196 cm³/mol. The first kappa shape index (κ1) is 38.7. The van der Waals surface area contributed by atoms with Crippen LogP contribution >= 0.6 is 11.6 Å². The van der Waals surface area contributed by atoms with Gasteiger partial charge in [0.15, 0.2) is 0 Å². The number of rotatable bonds is 16. The van der Waals surface area contributed by atoms with Crippen molar-refractivity contribution >= 4 is 40.4 Å². The molecule has 2 aliphatic carbocycles. The van der Waals surface area contributed by atoms with E-state index < -0.39 is 55.3 Å². The van der Waals surface area contributed by atoms with Crippen molar-refractivity contribution in [2.75, 3.05) is 69.9 Å². The van der Waals surface area contributed by atoms with Crippen LogP contribution in [0.25, 0.3) is 5.57 Å². The van der Waals surface area contributed by atoms with Gasteiger partial charge in [0.05, 0.1) is 38.5 Å². The minimum Gasteiger partial charge on any atom is -0.478 e. The first-order valence-corrected chi connectivity index (χ1v) is 18.5. The number of nitrogens with one attached hydrogen (secondary N) is 1. The smallest absolute Gasteiger partial charge is 0.361 e. The van der Waals surface area contributed by atoms with E-state index in [1.807, 2.05) is 38.1 Å². The Morgan fingerprint density at radius 3 is 2.28 bits per heavy atom. The maximum absolute atomic E-state index is 13.9. The largest absolute Gasteiger partial charge is 0.478 e. The lowest BCUT2D eigenvalue weighted by molar-refractivity contribution is -0.638. The van der Waals surface area contributed by atoms with Gasteiger partial charge in [-0.2, -0.15) is 8.78 Å². The van der Waals surface area contributed by atoms with Gasteiger partial charge in [0.2, 0.25) is 18.8 Å². The number of hydrogen-bond acceptors (Lipinski definition) is 5. The van der Waals surface area contributed by atoms with Crippen LogP contribution < -0.4 is 10.2 Å². The average Bonchev–Trinajstić information content (AvgIpc) is 3.09. The minimum atomic E-state index is -2.79. The van der Waals surface area contributed by atoms with Gasteiger partial charge in [-0.25, -0.2) is 18.2 Å². The molecule has 13 heteroatoms. The molecule has 2 saturated heterocycles. The van der Waals surface area contributed by atoms with Gasteiger partial charge in [-0.3, -0.25) is 4.79 Å². The van der Waals surface area contributed by atoms with Crippen LogP contribution in [-0.4, -0.2) is 104 Å². The van der Waals surface area contributed by atoms with Crippen molar-refractivity contribution in [1.29, 1.82) is 0 Å². The van der Waals surface area contributed by atoms with Gasteiger partial charge in [-0.05, 0) is 82.7 Å². The number of amides is 1. The first-order valence-electron chi connectivity index (χ1n) is 18.0. The zero-order chi connectivity index (χ0) is 38.0. The lowest BCUT2D eigenvalue weighted by atomic mass is 9.64. The highest BCUT2D eigenvalue weighted by Crippen LogP contribution is 2.51. The summed E-state index contributed by atoms with van der Waals surface area (Å²) >= 11 is 5.69. The SMILES string of the molecule is CC1(C)C2=CC(=[N+]3CC(F)(F)C3)C=CC2=C(c2cc(C(=O)NCCOCCOCCCCCCCl)ccc2C(=O)O)c2ccc(N3CC(F)(F)C3)cc21. The monoisotopic (exact) mass is 758 g/mol. The number of aromatic carboxylic acids is 1. The Morgan fingerprint density at radius 2 is 1.60 bits per heavy atom. The van der Waals surface area contributed by atoms with Crippen molar-refractivity contribution < 1.29 is 46.3 Å². The van der Waals surface area contributed by atoms with Crippen molar-refractivity contribution in [2.45, 2.75) is 56.8 Å². The molecule has 6 rings (SSSR count). The van der Waals surface area contributed by atoms with Crippen LogP contribution in [0.5, 0.6) is 0 Å². The fourth-order valence-corrected chi connectivity index (χ4v) is 7.48. The zero-order valence-corrected chi connectivity index (χ0v) is 30.7. The third-order valence-corrected chi connectivity index (χ3v) is 10.4. The summed E-state index contributed by atoms with van der Waals surface area (Å²) < 4.78 is 68.3. The van der Waals surface area contributed by atoms with E-state index in [-0.39, 0.29) is 24.3 Å². The van der Waals surface area contributed by atoms with Crippen LogP contribution in [0.1, 0.15) is 76.9 Å². The Balaban J connectivity index is 1.27. The molecule has 0 radical (unpaired) electrons. The topological polar surface area (TPSA) is 91.1 Å². The van der Waals surface area contributed by atoms with Gasteiger partial charge in [-0.1, -0.05) is 32.8 Å². The molecule has 0 atom stereocenters. The van der Waals surface area contributed by atoms with E-state index in [4.69, 9.17) is 21.1 Å². The van der Waals surface area contributed by atoms with Crippen LogP contribution in [0.15, 0.2) is 65.8 Å². The van der Waals surface area contributed by atoms with Crippen LogP contribution in [-0.2, 0) is 14.9 Å². The van der Waals surface area contributed by atoms with Gasteiger partial charge < -0.3 is 24.8 Å². The average molecular weight is 759 g/mol. The number of anilines is 1. The molecule has 2 aromatic rings. The third kappa shape index (κ3) is 8.55. The van der Waals surface area contributed by atoms with E-state index in [9.17, 15) is 32.3 Å². The molecule has 53 heavy (non-hydrogen) atoms. The summed E-state index contributed by atoms with van der Waals surface area (Å²) in [6.45, 7) is 4.25. The van der Waals surface area contributed by atoms with Crippen molar-refractivity contribution in [3.05, 3.63) is 93.6 Å². The molecule has 0 spiro atoms. The number of halogens is 5. The van der Waals surface area contributed by atoms with Gasteiger partial charge in [0.1, 0.15) is 0 Å². The summed E-state index contributed by atoms with van der Waals surface area (Å²) in [5, 5.41) is 13.2. The summed E-state index contributed by atoms with van der Waals surface area (Å²) in [5.74, 6) is -6.51. The fourth-order valence-electron chi connectivity index (χ4n) is 7.29. The maximum atomic E-state index is 13.9. The van der Waals surface area contributed by atoms with E-state index in [1.54, 1.807) is 27.7 Å². The minimum absolute atomic E-state index is 0.0338. The quantitative estimate of drug-likeness (QED) is 0.0823. The van der Waals surface area contributed by atoms with E-state index in [1.165, 1.54) is 12.1 Å². The lowest BCUT2D eigenvalue weighted by Crippen LogP contribution is -2.56. The van der Waals surface area contributed by atoms with E-state index in [0.717, 1.165) is 36.8 Å². The molecule has 2 aliphatic heterocycles. The highest BCUT2D eigenvalue weighted by Gasteiger charge is 2.51. The Bertz CT molecular complexity index is 1870. The molecule has 0 aromatic heterocycles. The molecule has 0 bridgehead atoms. The molecule has 1 amide bonds. The fraction of sp³-hybridized carbons (Fsp3) is 0.475. The Kier molecular flexibility index (Phi) is 11.5. The molecule has 2 N–H and O–H groups in total. The van der Waals surface area contributed by atoms with E-state index >= 15 is 0 Å². The lowest BCUT2D eigenvalue weighted by Gasteiger charge is -2.43. The van der Waals surface area contributed by atoms with E-state index in [2.05, 4.69) is 5.32 Å². The van der Waals surface area contributed by atoms with Crippen molar-refractivity contribution in [3.63, 3.8) is 0 Å². The van der Waals surface area contributed by atoms with Crippen LogP contribution in [0, 0.1) is 0 Å².